The number of nitrogens with zero attached hydrogens (tertiary/aromatic N) is 1. The summed E-state index contributed by atoms with van der Waals surface area (Å²) in [5.41, 5.74) is 2.48. The van der Waals surface area contributed by atoms with Gasteiger partial charge >= 0.3 is 12.1 Å². The number of alkyl carbamates (subject to hydrolysis) is 1. The molecular weight excluding hydrogens is 459 g/mol. The van der Waals surface area contributed by atoms with Crippen LogP contribution in [0.25, 0.3) is 17.2 Å². The molecule has 3 aliphatic rings. The van der Waals surface area contributed by atoms with Gasteiger partial charge < -0.3 is 14.8 Å². The molecule has 0 radical (unpaired) electrons. The van der Waals surface area contributed by atoms with Crippen molar-refractivity contribution < 1.29 is 23.5 Å². The molecule has 7 atom stereocenters. The Labute approximate surface area is 211 Å². The summed E-state index contributed by atoms with van der Waals surface area (Å²) in [6.45, 7) is 4.15. The summed E-state index contributed by atoms with van der Waals surface area (Å²) in [5.74, 6) is 0.629. The number of hydrogen-bond donors (Lipinski definition) is 1. The molecule has 2 aromatic rings. The van der Waals surface area contributed by atoms with E-state index in [1.165, 1.54) is 12.1 Å². The summed E-state index contributed by atoms with van der Waals surface area (Å²) in [5, 5.41) is 3.00. The Balaban J connectivity index is 1.34. The molecule has 3 fully saturated rings. The largest absolute Gasteiger partial charge is 0.462 e. The summed E-state index contributed by atoms with van der Waals surface area (Å²) in [7, 11) is 0. The Hall–Kier alpha value is -3.22. The third-order valence-electron chi connectivity index (χ3n) is 8.18. The predicted molar refractivity (Wildman–Crippen MR) is 134 cm³/mol. The maximum absolute atomic E-state index is 13.6. The highest BCUT2D eigenvalue weighted by Crippen LogP contribution is 2.53. The molecule has 7 heteroatoms. The second-order valence-corrected chi connectivity index (χ2v) is 10.3. The fourth-order valence-electron chi connectivity index (χ4n) is 6.64. The lowest BCUT2D eigenvalue weighted by Gasteiger charge is -2.47. The van der Waals surface area contributed by atoms with Gasteiger partial charge in [0, 0.05) is 23.7 Å². The molecule has 1 N–H and O–H groups in total. The third-order valence-corrected chi connectivity index (χ3v) is 8.18. The monoisotopic (exact) mass is 492 g/mol. The number of ether oxygens (including phenoxy) is 2. The lowest BCUT2D eigenvalue weighted by Crippen LogP contribution is -2.48. The van der Waals surface area contributed by atoms with Crippen molar-refractivity contribution in [1.82, 2.24) is 10.3 Å². The van der Waals surface area contributed by atoms with E-state index in [1.54, 1.807) is 19.2 Å². The molecule has 36 heavy (non-hydrogen) atoms. The SMILES string of the molecule is CCOC(=O)N[C@H]1CC[C@H]2[C@H](C1)C[C@@H]1C(=O)O[C@@H](C)[C@@H]1[C@H]2/C=C/c1ccc(-c2cccc(F)c2)cn1. The second kappa shape index (κ2) is 10.4. The summed E-state index contributed by atoms with van der Waals surface area (Å²) in [4.78, 5) is 29.2. The van der Waals surface area contributed by atoms with Gasteiger partial charge in [0.05, 0.1) is 18.2 Å². The first-order chi connectivity index (χ1) is 17.4. The number of hydrogen-bond acceptors (Lipinski definition) is 5. The molecule has 190 valence electrons. The van der Waals surface area contributed by atoms with Crippen LogP contribution in [0.1, 0.15) is 45.2 Å². The maximum Gasteiger partial charge on any atom is 0.407 e. The number of halogens is 1. The maximum atomic E-state index is 13.6. The van der Waals surface area contributed by atoms with Crippen LogP contribution in [0.2, 0.25) is 0 Å². The van der Waals surface area contributed by atoms with E-state index in [4.69, 9.17) is 9.47 Å². The molecule has 0 bridgehead atoms. The number of allylic oxidation sites excluding steroid dienone is 1. The molecule has 1 aromatic heterocycles. The smallest absolute Gasteiger partial charge is 0.407 e. The summed E-state index contributed by atoms with van der Waals surface area (Å²) in [6.07, 6.45) is 9.07. The Morgan fingerprint density at radius 3 is 2.83 bits per heavy atom. The van der Waals surface area contributed by atoms with Crippen molar-refractivity contribution in [3.8, 4) is 11.1 Å². The Bertz CT molecular complexity index is 1130. The van der Waals surface area contributed by atoms with Crippen LogP contribution in [0.5, 0.6) is 0 Å². The number of rotatable bonds is 5. The fourth-order valence-corrected chi connectivity index (χ4v) is 6.64. The van der Waals surface area contributed by atoms with Gasteiger partial charge in [-0.05, 0) is 87.1 Å². The predicted octanol–water partition coefficient (Wildman–Crippen LogP) is 5.63. The average Bonchev–Trinajstić information content (AvgIpc) is 3.15. The minimum Gasteiger partial charge on any atom is -0.462 e. The zero-order chi connectivity index (χ0) is 25.2. The van der Waals surface area contributed by atoms with Gasteiger partial charge in [0.2, 0.25) is 0 Å². The van der Waals surface area contributed by atoms with Crippen LogP contribution in [0.15, 0.2) is 48.7 Å². The Morgan fingerprint density at radius 1 is 1.22 bits per heavy atom. The number of benzene rings is 1. The van der Waals surface area contributed by atoms with Crippen molar-refractivity contribution in [2.75, 3.05) is 6.61 Å². The van der Waals surface area contributed by atoms with Crippen molar-refractivity contribution in [3.63, 3.8) is 0 Å². The Kier molecular flexibility index (Phi) is 7.08. The van der Waals surface area contributed by atoms with Gasteiger partial charge in [-0.1, -0.05) is 24.3 Å². The second-order valence-electron chi connectivity index (χ2n) is 10.3. The first kappa shape index (κ1) is 24.5. The van der Waals surface area contributed by atoms with Crippen molar-refractivity contribution in [2.45, 2.75) is 51.7 Å². The minimum absolute atomic E-state index is 0.0679. The van der Waals surface area contributed by atoms with Crippen molar-refractivity contribution >= 4 is 18.1 Å². The Morgan fingerprint density at radius 2 is 2.08 bits per heavy atom. The van der Waals surface area contributed by atoms with E-state index in [0.717, 1.165) is 42.5 Å². The highest BCUT2D eigenvalue weighted by molar-refractivity contribution is 5.75. The van der Waals surface area contributed by atoms with Gasteiger partial charge in [-0.2, -0.15) is 0 Å². The molecule has 1 aromatic carbocycles. The van der Waals surface area contributed by atoms with E-state index in [-0.39, 0.29) is 47.8 Å². The van der Waals surface area contributed by atoms with Crippen molar-refractivity contribution in [1.29, 1.82) is 0 Å². The van der Waals surface area contributed by atoms with Crippen LogP contribution in [-0.2, 0) is 14.3 Å². The van der Waals surface area contributed by atoms with Crippen molar-refractivity contribution in [3.05, 3.63) is 60.2 Å². The van der Waals surface area contributed by atoms with E-state index < -0.39 is 0 Å². The first-order valence-corrected chi connectivity index (χ1v) is 13.0. The van der Waals surface area contributed by atoms with Gasteiger partial charge in [-0.15, -0.1) is 0 Å². The molecule has 0 unspecified atom stereocenters. The molecule has 6 nitrogen and oxygen atoms in total. The van der Waals surface area contributed by atoms with Crippen LogP contribution in [0, 0.1) is 35.4 Å². The van der Waals surface area contributed by atoms with Crippen molar-refractivity contribution in [2.24, 2.45) is 29.6 Å². The average molecular weight is 493 g/mol. The van der Waals surface area contributed by atoms with Gasteiger partial charge in [0.1, 0.15) is 11.9 Å². The highest BCUT2D eigenvalue weighted by Gasteiger charge is 2.54. The lowest BCUT2D eigenvalue weighted by atomic mass is 9.57. The zero-order valence-corrected chi connectivity index (χ0v) is 20.7. The molecule has 2 heterocycles. The lowest BCUT2D eigenvalue weighted by molar-refractivity contribution is -0.144. The van der Waals surface area contributed by atoms with Crippen LogP contribution in [0.4, 0.5) is 9.18 Å². The zero-order valence-electron chi connectivity index (χ0n) is 20.7. The number of carbonyl (C=O) groups excluding carboxylic acids is 2. The summed E-state index contributed by atoms with van der Waals surface area (Å²) < 4.78 is 24.3. The highest BCUT2D eigenvalue weighted by atomic mass is 19.1. The number of fused-ring (bicyclic) bond motifs is 2. The summed E-state index contributed by atoms with van der Waals surface area (Å²) in [6, 6.07) is 10.4. The topological polar surface area (TPSA) is 77.5 Å². The number of aromatic nitrogens is 1. The van der Waals surface area contributed by atoms with E-state index in [1.807, 2.05) is 31.2 Å². The number of nitrogens with one attached hydrogen (secondary N) is 1. The molecule has 2 aliphatic carbocycles. The molecule has 2 saturated carbocycles. The van der Waals surface area contributed by atoms with Crippen LogP contribution in [0.3, 0.4) is 0 Å². The van der Waals surface area contributed by atoms with E-state index >= 15 is 0 Å². The van der Waals surface area contributed by atoms with E-state index in [2.05, 4.69) is 16.4 Å². The van der Waals surface area contributed by atoms with Gasteiger partial charge in [0.25, 0.3) is 0 Å². The van der Waals surface area contributed by atoms with E-state index in [0.29, 0.717) is 18.4 Å². The van der Waals surface area contributed by atoms with Crippen LogP contribution < -0.4 is 5.32 Å². The molecule has 5 rings (SSSR count). The third kappa shape index (κ3) is 5.01. The molecular formula is C29H33FN2O4. The molecule has 1 aliphatic heterocycles. The number of pyridine rings is 1. The standard InChI is InChI=1S/C29H33FN2O4/c1-3-35-29(34)32-23-10-11-24-20(14-23)15-26-27(17(2)36-28(26)33)25(24)12-9-22-8-7-19(16-31-22)18-5-4-6-21(30)13-18/h4-9,12-13,16-17,20,23-27H,3,10-11,14-15H2,1-2H3,(H,32,34)/b12-9+/t17-,20+,23-,24-,25-,26-,27+/m0/s1. The van der Waals surface area contributed by atoms with Crippen LogP contribution in [-0.4, -0.2) is 35.8 Å². The number of cyclic esters (lactones) is 1. The van der Waals surface area contributed by atoms with Crippen LogP contribution >= 0.6 is 0 Å². The van der Waals surface area contributed by atoms with Gasteiger partial charge in [-0.25, -0.2) is 9.18 Å². The first-order valence-electron chi connectivity index (χ1n) is 13.0. The number of carbonyl (C=O) groups is 2. The normalized spacial score (nSPS) is 31.4. The van der Waals surface area contributed by atoms with Gasteiger partial charge in [-0.3, -0.25) is 9.78 Å². The number of esters is 1. The number of amides is 1. The van der Waals surface area contributed by atoms with Gasteiger partial charge in [0.15, 0.2) is 0 Å². The van der Waals surface area contributed by atoms with E-state index in [9.17, 15) is 14.0 Å². The molecule has 0 spiro atoms. The summed E-state index contributed by atoms with van der Waals surface area (Å²) >= 11 is 0. The molecule has 1 saturated heterocycles. The fraction of sp³-hybridized carbons (Fsp3) is 0.483. The minimum atomic E-state index is -0.368. The molecule has 1 amide bonds. The quantitative estimate of drug-likeness (QED) is 0.548.